The van der Waals surface area contributed by atoms with Crippen molar-refractivity contribution in [2.75, 3.05) is 7.11 Å². The highest BCUT2D eigenvalue weighted by atomic mass is 19.4. The van der Waals surface area contributed by atoms with Crippen molar-refractivity contribution < 1.29 is 27.8 Å². The van der Waals surface area contributed by atoms with Crippen LogP contribution in [-0.2, 0) is 6.61 Å². The number of benzene rings is 1. The maximum absolute atomic E-state index is 12.1. The summed E-state index contributed by atoms with van der Waals surface area (Å²) >= 11 is 0. The Morgan fingerprint density at radius 1 is 1.14 bits per heavy atom. The molecule has 0 aliphatic carbocycles. The van der Waals surface area contributed by atoms with Crippen LogP contribution in [0.5, 0.6) is 11.6 Å². The van der Waals surface area contributed by atoms with Crippen molar-refractivity contribution in [1.29, 1.82) is 0 Å². The summed E-state index contributed by atoms with van der Waals surface area (Å²) in [6.45, 7) is -0.241. The minimum Gasteiger partial charge on any atom is -0.481 e. The number of alkyl halides is 3. The SMILES string of the molecule is COc1nccc(CO)c1-c1ccc(OC(F)(F)F)cc1. The molecular weight excluding hydrogens is 287 g/mol. The quantitative estimate of drug-likeness (QED) is 0.942. The number of rotatable bonds is 4. The first-order valence-corrected chi connectivity index (χ1v) is 5.93. The first-order valence-electron chi connectivity index (χ1n) is 5.93. The van der Waals surface area contributed by atoms with E-state index in [4.69, 9.17) is 4.74 Å². The monoisotopic (exact) mass is 299 g/mol. The lowest BCUT2D eigenvalue weighted by Crippen LogP contribution is -2.16. The zero-order valence-corrected chi connectivity index (χ0v) is 11.0. The van der Waals surface area contributed by atoms with Gasteiger partial charge in [-0.2, -0.15) is 0 Å². The highest BCUT2D eigenvalue weighted by molar-refractivity contribution is 5.72. The van der Waals surface area contributed by atoms with Crippen molar-refractivity contribution in [2.45, 2.75) is 13.0 Å². The summed E-state index contributed by atoms with van der Waals surface area (Å²) in [5.74, 6) is -0.0364. The van der Waals surface area contributed by atoms with Crippen molar-refractivity contribution in [3.8, 4) is 22.8 Å². The molecule has 2 aromatic rings. The lowest BCUT2D eigenvalue weighted by Gasteiger charge is -2.13. The average Bonchev–Trinajstić information content (AvgIpc) is 2.45. The molecule has 1 aromatic carbocycles. The Balaban J connectivity index is 2.39. The number of ether oxygens (including phenoxy) is 2. The van der Waals surface area contributed by atoms with Crippen LogP contribution in [0.15, 0.2) is 36.5 Å². The van der Waals surface area contributed by atoms with Crippen LogP contribution < -0.4 is 9.47 Å². The maximum Gasteiger partial charge on any atom is 0.573 e. The zero-order valence-electron chi connectivity index (χ0n) is 11.0. The molecule has 0 unspecified atom stereocenters. The molecule has 4 nitrogen and oxygen atoms in total. The van der Waals surface area contributed by atoms with E-state index in [-0.39, 0.29) is 18.2 Å². The predicted octanol–water partition coefficient (Wildman–Crippen LogP) is 3.15. The third kappa shape index (κ3) is 3.63. The Morgan fingerprint density at radius 2 is 1.81 bits per heavy atom. The summed E-state index contributed by atoms with van der Waals surface area (Å²) in [6.07, 6.45) is -3.25. The van der Waals surface area contributed by atoms with Gasteiger partial charge in [0, 0.05) is 11.8 Å². The summed E-state index contributed by atoms with van der Waals surface area (Å²) in [4.78, 5) is 4.02. The van der Waals surface area contributed by atoms with Crippen LogP contribution in [0.1, 0.15) is 5.56 Å². The van der Waals surface area contributed by atoms with Crippen LogP contribution in [0.25, 0.3) is 11.1 Å². The highest BCUT2D eigenvalue weighted by Gasteiger charge is 2.31. The van der Waals surface area contributed by atoms with Gasteiger partial charge in [-0.1, -0.05) is 12.1 Å². The smallest absolute Gasteiger partial charge is 0.481 e. The number of pyridine rings is 1. The summed E-state index contributed by atoms with van der Waals surface area (Å²) in [5.41, 5.74) is 1.66. The normalized spacial score (nSPS) is 11.3. The highest BCUT2D eigenvalue weighted by Crippen LogP contribution is 2.33. The van der Waals surface area contributed by atoms with Crippen LogP contribution >= 0.6 is 0 Å². The summed E-state index contributed by atoms with van der Waals surface area (Å²) in [7, 11) is 1.42. The molecule has 1 aromatic heterocycles. The Morgan fingerprint density at radius 3 is 2.33 bits per heavy atom. The zero-order chi connectivity index (χ0) is 15.5. The maximum atomic E-state index is 12.1. The van der Waals surface area contributed by atoms with Crippen molar-refractivity contribution in [2.24, 2.45) is 0 Å². The van der Waals surface area contributed by atoms with Gasteiger partial charge in [0.1, 0.15) is 5.75 Å². The summed E-state index contributed by atoms with van der Waals surface area (Å²) < 4.78 is 45.3. The Bertz CT molecular complexity index is 590. The van der Waals surface area contributed by atoms with E-state index in [1.165, 1.54) is 37.6 Å². The minimum absolute atomic E-state index is 0.241. The van der Waals surface area contributed by atoms with E-state index in [1.807, 2.05) is 0 Å². The molecule has 2 rings (SSSR count). The van der Waals surface area contributed by atoms with Crippen molar-refractivity contribution in [3.63, 3.8) is 0 Å². The Kier molecular flexibility index (Phi) is 4.32. The predicted molar refractivity (Wildman–Crippen MR) is 68.8 cm³/mol. The molecule has 112 valence electrons. The lowest BCUT2D eigenvalue weighted by molar-refractivity contribution is -0.274. The van der Waals surface area contributed by atoms with Crippen molar-refractivity contribution in [1.82, 2.24) is 4.98 Å². The van der Waals surface area contributed by atoms with Crippen LogP contribution in [0, 0.1) is 0 Å². The van der Waals surface area contributed by atoms with E-state index >= 15 is 0 Å². The fourth-order valence-corrected chi connectivity index (χ4v) is 1.90. The van der Waals surface area contributed by atoms with Gasteiger partial charge in [-0.05, 0) is 29.3 Å². The molecule has 0 spiro atoms. The molecule has 0 radical (unpaired) electrons. The second-order valence-corrected chi connectivity index (χ2v) is 4.08. The van der Waals surface area contributed by atoms with Gasteiger partial charge >= 0.3 is 6.36 Å². The molecule has 0 atom stereocenters. The standard InChI is InChI=1S/C14H12F3NO3/c1-20-13-12(10(8-19)6-7-18-13)9-2-4-11(5-3-9)21-14(15,16)17/h2-7,19H,8H2,1H3. The number of aliphatic hydroxyl groups excluding tert-OH is 1. The first kappa shape index (κ1) is 15.1. The molecule has 1 heterocycles. The fraction of sp³-hybridized carbons (Fsp3) is 0.214. The summed E-state index contributed by atoms with van der Waals surface area (Å²) in [5, 5.41) is 9.35. The number of hydrogen-bond acceptors (Lipinski definition) is 4. The number of aromatic nitrogens is 1. The van der Waals surface area contributed by atoms with E-state index in [2.05, 4.69) is 9.72 Å². The second kappa shape index (κ2) is 6.01. The van der Waals surface area contributed by atoms with Crippen LogP contribution in [0.2, 0.25) is 0 Å². The van der Waals surface area contributed by atoms with Crippen molar-refractivity contribution >= 4 is 0 Å². The molecule has 0 aliphatic heterocycles. The number of methoxy groups -OCH3 is 1. The van der Waals surface area contributed by atoms with E-state index < -0.39 is 6.36 Å². The molecule has 0 fully saturated rings. The minimum atomic E-state index is -4.73. The fourth-order valence-electron chi connectivity index (χ4n) is 1.90. The van der Waals surface area contributed by atoms with Crippen LogP contribution in [0.3, 0.4) is 0 Å². The van der Waals surface area contributed by atoms with E-state index in [0.717, 1.165) is 0 Å². The third-order valence-electron chi connectivity index (χ3n) is 2.74. The van der Waals surface area contributed by atoms with Crippen LogP contribution in [0.4, 0.5) is 13.2 Å². The van der Waals surface area contributed by atoms with Gasteiger partial charge < -0.3 is 14.6 Å². The lowest BCUT2D eigenvalue weighted by atomic mass is 10.0. The molecule has 0 saturated heterocycles. The molecule has 7 heteroatoms. The largest absolute Gasteiger partial charge is 0.573 e. The van der Waals surface area contributed by atoms with E-state index in [9.17, 15) is 18.3 Å². The van der Waals surface area contributed by atoms with Gasteiger partial charge in [0.15, 0.2) is 0 Å². The van der Waals surface area contributed by atoms with Crippen LogP contribution in [-0.4, -0.2) is 23.6 Å². The average molecular weight is 299 g/mol. The first-order chi connectivity index (χ1) is 9.94. The Labute approximate surface area is 118 Å². The van der Waals surface area contributed by atoms with Gasteiger partial charge in [-0.3, -0.25) is 0 Å². The molecule has 0 saturated carbocycles. The number of halogens is 3. The van der Waals surface area contributed by atoms with Gasteiger partial charge in [0.25, 0.3) is 0 Å². The number of hydrogen-bond donors (Lipinski definition) is 1. The third-order valence-corrected chi connectivity index (χ3v) is 2.74. The molecule has 21 heavy (non-hydrogen) atoms. The number of aliphatic hydroxyl groups is 1. The van der Waals surface area contributed by atoms with Gasteiger partial charge in [0.2, 0.25) is 5.88 Å². The van der Waals surface area contributed by atoms with E-state index in [0.29, 0.717) is 16.7 Å². The molecule has 1 N–H and O–H groups in total. The second-order valence-electron chi connectivity index (χ2n) is 4.08. The molecule has 0 bridgehead atoms. The topological polar surface area (TPSA) is 51.6 Å². The van der Waals surface area contributed by atoms with E-state index in [1.54, 1.807) is 6.07 Å². The van der Waals surface area contributed by atoms with Gasteiger partial charge in [-0.15, -0.1) is 13.2 Å². The molecule has 0 amide bonds. The van der Waals surface area contributed by atoms with Gasteiger partial charge in [0.05, 0.1) is 13.7 Å². The Hall–Kier alpha value is -2.28. The van der Waals surface area contributed by atoms with Crippen molar-refractivity contribution in [3.05, 3.63) is 42.1 Å². The molecule has 0 aliphatic rings. The molecular formula is C14H12F3NO3. The summed E-state index contributed by atoms with van der Waals surface area (Å²) in [6, 6.07) is 6.88. The van der Waals surface area contributed by atoms with Gasteiger partial charge in [-0.25, -0.2) is 4.98 Å². The number of nitrogens with zero attached hydrogens (tertiary/aromatic N) is 1.